The summed E-state index contributed by atoms with van der Waals surface area (Å²) in [6, 6.07) is 6.26. The van der Waals surface area contributed by atoms with Crippen LogP contribution in [0, 0.1) is 18.7 Å². The highest BCUT2D eigenvalue weighted by molar-refractivity contribution is 5.99. The smallest absolute Gasteiger partial charge is 0.417 e. The van der Waals surface area contributed by atoms with Crippen molar-refractivity contribution in [2.75, 3.05) is 6.54 Å². The first-order valence-corrected chi connectivity index (χ1v) is 11.3. The van der Waals surface area contributed by atoms with Crippen LogP contribution in [0.15, 0.2) is 48.9 Å². The monoisotopic (exact) mass is 486 g/mol. The predicted octanol–water partition coefficient (Wildman–Crippen LogP) is 5.08. The van der Waals surface area contributed by atoms with E-state index in [0.29, 0.717) is 24.9 Å². The van der Waals surface area contributed by atoms with E-state index >= 15 is 0 Å². The number of aryl methyl sites for hydroxylation is 1. The number of pyridine rings is 3. The standard InChI is InChI=1S/C25H22F4N4O2/c1-14-9-17(22-18(26)3-2-8-30-22)23(32-11-14)24(34)33-13-15-4-6-19(33)20(10-15)35-21-7-5-16(12-31-21)25(27,28)29/h2-3,5,7-9,11-12,15,19-20H,4,6,10,13H2,1H3. The van der Waals surface area contributed by atoms with Crippen molar-refractivity contribution in [1.82, 2.24) is 19.9 Å². The first kappa shape index (κ1) is 23.2. The lowest BCUT2D eigenvalue weighted by Gasteiger charge is -2.49. The van der Waals surface area contributed by atoms with Crippen molar-refractivity contribution in [3.8, 4) is 17.1 Å². The van der Waals surface area contributed by atoms with Crippen LogP contribution in [-0.4, -0.2) is 44.4 Å². The lowest BCUT2D eigenvalue weighted by atomic mass is 9.77. The molecule has 0 radical (unpaired) electrons. The van der Waals surface area contributed by atoms with Crippen molar-refractivity contribution < 1.29 is 27.1 Å². The normalized spacial score (nSPS) is 21.7. The number of alkyl halides is 3. The van der Waals surface area contributed by atoms with Gasteiger partial charge in [-0.1, -0.05) is 0 Å². The Morgan fingerprint density at radius 1 is 1.11 bits per heavy atom. The molecule has 1 amide bonds. The van der Waals surface area contributed by atoms with Crippen LogP contribution in [0.2, 0.25) is 0 Å². The Morgan fingerprint density at radius 2 is 1.94 bits per heavy atom. The van der Waals surface area contributed by atoms with Crippen molar-refractivity contribution in [3.63, 3.8) is 0 Å². The van der Waals surface area contributed by atoms with Gasteiger partial charge in [-0.05, 0) is 61.9 Å². The van der Waals surface area contributed by atoms with Crippen LogP contribution in [0.25, 0.3) is 11.3 Å². The second-order valence-electron chi connectivity index (χ2n) is 8.99. The van der Waals surface area contributed by atoms with Gasteiger partial charge >= 0.3 is 6.18 Å². The van der Waals surface area contributed by atoms with Gasteiger partial charge in [0, 0.05) is 36.8 Å². The maximum atomic E-state index is 14.5. The summed E-state index contributed by atoms with van der Waals surface area (Å²) >= 11 is 0. The summed E-state index contributed by atoms with van der Waals surface area (Å²) in [5.41, 5.74) is 0.377. The molecule has 35 heavy (non-hydrogen) atoms. The molecule has 182 valence electrons. The Morgan fingerprint density at radius 3 is 2.63 bits per heavy atom. The van der Waals surface area contributed by atoms with Crippen LogP contribution >= 0.6 is 0 Å². The number of ether oxygens (including phenoxy) is 1. The topological polar surface area (TPSA) is 68.2 Å². The molecule has 3 unspecified atom stereocenters. The molecule has 2 saturated heterocycles. The van der Waals surface area contributed by atoms with E-state index in [1.807, 2.05) is 0 Å². The number of rotatable bonds is 4. The summed E-state index contributed by atoms with van der Waals surface area (Å²) in [7, 11) is 0. The summed E-state index contributed by atoms with van der Waals surface area (Å²) in [5, 5.41) is 0. The average molecular weight is 486 g/mol. The second kappa shape index (κ2) is 8.90. The van der Waals surface area contributed by atoms with E-state index in [1.54, 1.807) is 24.1 Å². The summed E-state index contributed by atoms with van der Waals surface area (Å²) in [6.07, 6.45) is 1.11. The van der Waals surface area contributed by atoms with E-state index in [0.717, 1.165) is 24.2 Å². The minimum atomic E-state index is -4.48. The fourth-order valence-corrected chi connectivity index (χ4v) is 4.90. The summed E-state index contributed by atoms with van der Waals surface area (Å²) in [4.78, 5) is 27.6. The van der Waals surface area contributed by atoms with Gasteiger partial charge in [-0.15, -0.1) is 0 Å². The molecule has 3 aromatic rings. The number of piperidine rings is 2. The maximum absolute atomic E-state index is 14.5. The third-order valence-electron chi connectivity index (χ3n) is 6.56. The van der Waals surface area contributed by atoms with Gasteiger partial charge in [0.2, 0.25) is 5.88 Å². The molecule has 3 fully saturated rings. The zero-order chi connectivity index (χ0) is 24.7. The van der Waals surface area contributed by atoms with E-state index in [4.69, 9.17) is 4.74 Å². The first-order valence-electron chi connectivity index (χ1n) is 11.3. The van der Waals surface area contributed by atoms with Crippen LogP contribution < -0.4 is 4.74 Å². The Hall–Kier alpha value is -3.56. The summed E-state index contributed by atoms with van der Waals surface area (Å²) in [5.74, 6) is -0.659. The van der Waals surface area contributed by atoms with Crippen molar-refractivity contribution in [2.24, 2.45) is 5.92 Å². The molecule has 6 nitrogen and oxygen atoms in total. The molecule has 2 bridgehead atoms. The van der Waals surface area contributed by atoms with Crippen LogP contribution in [0.5, 0.6) is 5.88 Å². The molecule has 1 saturated carbocycles. The molecule has 0 N–H and O–H groups in total. The quantitative estimate of drug-likeness (QED) is 0.482. The molecule has 0 spiro atoms. The van der Waals surface area contributed by atoms with Crippen LogP contribution in [0.4, 0.5) is 17.6 Å². The highest BCUT2D eigenvalue weighted by Crippen LogP contribution is 2.39. The minimum Gasteiger partial charge on any atom is -0.472 e. The average Bonchev–Trinajstić information content (AvgIpc) is 2.84. The van der Waals surface area contributed by atoms with Gasteiger partial charge in [0.1, 0.15) is 23.3 Å². The number of amides is 1. The van der Waals surface area contributed by atoms with Crippen LogP contribution in [-0.2, 0) is 6.18 Å². The van der Waals surface area contributed by atoms with Crippen LogP contribution in [0.3, 0.4) is 0 Å². The van der Waals surface area contributed by atoms with Crippen molar-refractivity contribution in [3.05, 3.63) is 71.6 Å². The number of aromatic nitrogens is 3. The zero-order valence-corrected chi connectivity index (χ0v) is 18.8. The van der Waals surface area contributed by atoms with E-state index in [2.05, 4.69) is 15.0 Å². The number of hydrogen-bond acceptors (Lipinski definition) is 5. The van der Waals surface area contributed by atoms with Crippen molar-refractivity contribution in [1.29, 1.82) is 0 Å². The Kier molecular flexibility index (Phi) is 5.90. The lowest BCUT2D eigenvalue weighted by molar-refractivity contribution is -0.137. The SMILES string of the molecule is Cc1cnc(C(=O)N2CC3CCC2C(Oc2ccc(C(F)(F)F)cn2)C3)c(-c2ncccc2F)c1. The van der Waals surface area contributed by atoms with Crippen molar-refractivity contribution >= 4 is 5.91 Å². The Balaban J connectivity index is 1.41. The second-order valence-corrected chi connectivity index (χ2v) is 8.99. The molecule has 5 heterocycles. The predicted molar refractivity (Wildman–Crippen MR) is 118 cm³/mol. The lowest BCUT2D eigenvalue weighted by Crippen LogP contribution is -2.59. The highest BCUT2D eigenvalue weighted by atomic mass is 19.4. The Bertz CT molecular complexity index is 1250. The number of hydrogen-bond donors (Lipinski definition) is 0. The molecule has 2 aliphatic heterocycles. The van der Waals surface area contributed by atoms with E-state index in [1.165, 1.54) is 24.4 Å². The third-order valence-corrected chi connectivity index (χ3v) is 6.56. The van der Waals surface area contributed by atoms with Gasteiger partial charge < -0.3 is 9.64 Å². The summed E-state index contributed by atoms with van der Waals surface area (Å²) in [6.45, 7) is 2.30. The summed E-state index contributed by atoms with van der Waals surface area (Å²) < 4.78 is 59.0. The van der Waals surface area contributed by atoms with Crippen LogP contribution in [0.1, 0.15) is 40.9 Å². The largest absolute Gasteiger partial charge is 0.472 e. The fourth-order valence-electron chi connectivity index (χ4n) is 4.90. The molecule has 3 atom stereocenters. The van der Waals surface area contributed by atoms with Crippen molar-refractivity contribution in [2.45, 2.75) is 44.5 Å². The number of nitrogens with zero attached hydrogens (tertiary/aromatic N) is 4. The number of carbonyl (C=O) groups excluding carboxylic acids is 1. The molecule has 1 aliphatic carbocycles. The molecule has 3 aromatic heterocycles. The van der Waals surface area contributed by atoms with E-state index in [9.17, 15) is 22.4 Å². The van der Waals surface area contributed by atoms with Gasteiger partial charge in [-0.3, -0.25) is 14.8 Å². The fraction of sp³-hybridized carbons (Fsp3) is 0.360. The highest BCUT2D eigenvalue weighted by Gasteiger charge is 2.45. The molecule has 3 aliphatic rings. The molecular weight excluding hydrogens is 464 g/mol. The van der Waals surface area contributed by atoms with Gasteiger partial charge in [0.25, 0.3) is 5.91 Å². The minimum absolute atomic E-state index is 0.0518. The van der Waals surface area contributed by atoms with Gasteiger partial charge in [-0.25, -0.2) is 9.37 Å². The van der Waals surface area contributed by atoms with Gasteiger partial charge in [0.15, 0.2) is 0 Å². The number of halogens is 4. The maximum Gasteiger partial charge on any atom is 0.417 e. The van der Waals surface area contributed by atoms with E-state index < -0.39 is 23.7 Å². The number of fused-ring (bicyclic) bond motifs is 3. The van der Waals surface area contributed by atoms with E-state index in [-0.39, 0.29) is 35.1 Å². The molecular formula is C25H22F4N4O2. The third kappa shape index (κ3) is 4.56. The molecule has 6 rings (SSSR count). The van der Waals surface area contributed by atoms with Gasteiger partial charge in [0.05, 0.1) is 11.6 Å². The van der Waals surface area contributed by atoms with Gasteiger partial charge in [-0.2, -0.15) is 13.2 Å². The zero-order valence-electron chi connectivity index (χ0n) is 18.8. The first-order chi connectivity index (χ1) is 16.7. The molecule has 10 heteroatoms. The number of carbonyl (C=O) groups is 1. The Labute approximate surface area is 199 Å². The molecule has 0 aromatic carbocycles.